The zero-order valence-electron chi connectivity index (χ0n) is 11.9. The van der Waals surface area contributed by atoms with Gasteiger partial charge >= 0.3 is 0 Å². The van der Waals surface area contributed by atoms with Gasteiger partial charge in [-0.2, -0.15) is 0 Å². The third-order valence-electron chi connectivity index (χ3n) is 4.25. The van der Waals surface area contributed by atoms with Crippen LogP contribution in [-0.4, -0.2) is 16.1 Å². The molecule has 0 bridgehead atoms. The van der Waals surface area contributed by atoms with Crippen LogP contribution < -0.4 is 5.73 Å². The standard InChI is InChI=1S/C15H22ClN3/c1-4-15(5-2,10-17)14-18-12-9-7-8-11(16)13(12)19(14)6-3/h7-9H,4-6,10,17H2,1-3H3. The van der Waals surface area contributed by atoms with Gasteiger partial charge in [0.05, 0.1) is 16.1 Å². The first kappa shape index (κ1) is 14.4. The fourth-order valence-electron chi connectivity index (χ4n) is 2.80. The number of benzene rings is 1. The second-order valence-corrected chi connectivity index (χ2v) is 5.39. The molecule has 0 aliphatic carbocycles. The number of para-hydroxylation sites is 1. The van der Waals surface area contributed by atoms with Crippen LogP contribution in [0.1, 0.15) is 39.4 Å². The van der Waals surface area contributed by atoms with E-state index >= 15 is 0 Å². The predicted molar refractivity (Wildman–Crippen MR) is 81.7 cm³/mol. The lowest BCUT2D eigenvalue weighted by Gasteiger charge is -2.30. The predicted octanol–water partition coefficient (Wildman–Crippen LogP) is 3.73. The Bertz CT molecular complexity index is 562. The minimum absolute atomic E-state index is 0.0572. The van der Waals surface area contributed by atoms with E-state index in [-0.39, 0.29) is 5.41 Å². The number of fused-ring (bicyclic) bond motifs is 1. The molecule has 2 N–H and O–H groups in total. The van der Waals surface area contributed by atoms with Gasteiger partial charge in [-0.25, -0.2) is 4.98 Å². The molecule has 0 radical (unpaired) electrons. The van der Waals surface area contributed by atoms with Gasteiger partial charge in [-0.1, -0.05) is 31.5 Å². The Balaban J connectivity index is 2.77. The summed E-state index contributed by atoms with van der Waals surface area (Å²) in [5.41, 5.74) is 7.99. The Kier molecular flexibility index (Phi) is 4.16. The summed E-state index contributed by atoms with van der Waals surface area (Å²) < 4.78 is 2.22. The Hall–Kier alpha value is -1.06. The van der Waals surface area contributed by atoms with Crippen molar-refractivity contribution < 1.29 is 0 Å². The molecule has 0 aliphatic rings. The van der Waals surface area contributed by atoms with Gasteiger partial charge in [0.1, 0.15) is 5.82 Å². The van der Waals surface area contributed by atoms with Crippen molar-refractivity contribution in [2.45, 2.75) is 45.6 Å². The second-order valence-electron chi connectivity index (χ2n) is 4.98. The van der Waals surface area contributed by atoms with E-state index in [1.165, 1.54) is 0 Å². The first-order valence-corrected chi connectivity index (χ1v) is 7.36. The molecule has 0 amide bonds. The van der Waals surface area contributed by atoms with Crippen LogP contribution in [-0.2, 0) is 12.0 Å². The van der Waals surface area contributed by atoms with Crippen molar-refractivity contribution in [2.75, 3.05) is 6.54 Å². The molecule has 4 heteroatoms. The third-order valence-corrected chi connectivity index (χ3v) is 4.56. The molecule has 1 aromatic carbocycles. The molecule has 0 aliphatic heterocycles. The maximum atomic E-state index is 6.34. The Morgan fingerprint density at radius 3 is 2.47 bits per heavy atom. The molecule has 1 aromatic heterocycles. The summed E-state index contributed by atoms with van der Waals surface area (Å²) in [6.07, 6.45) is 1.97. The van der Waals surface area contributed by atoms with Crippen molar-refractivity contribution >= 4 is 22.6 Å². The minimum atomic E-state index is -0.0572. The molecule has 1 heterocycles. The lowest BCUT2D eigenvalue weighted by atomic mass is 9.81. The highest BCUT2D eigenvalue weighted by Gasteiger charge is 2.32. The Labute approximate surface area is 119 Å². The number of imidazole rings is 1. The van der Waals surface area contributed by atoms with Crippen molar-refractivity contribution in [1.29, 1.82) is 0 Å². The molecule has 0 fully saturated rings. The molecule has 104 valence electrons. The molecular weight excluding hydrogens is 258 g/mol. The van der Waals surface area contributed by atoms with E-state index in [2.05, 4.69) is 25.3 Å². The minimum Gasteiger partial charge on any atom is -0.329 e. The van der Waals surface area contributed by atoms with Gasteiger partial charge < -0.3 is 10.3 Å². The zero-order chi connectivity index (χ0) is 14.0. The third kappa shape index (κ3) is 2.15. The molecule has 0 atom stereocenters. The summed E-state index contributed by atoms with van der Waals surface area (Å²) in [7, 11) is 0. The van der Waals surface area contributed by atoms with E-state index < -0.39 is 0 Å². The normalized spacial score (nSPS) is 12.3. The van der Waals surface area contributed by atoms with Crippen molar-refractivity contribution in [3.05, 3.63) is 29.0 Å². The van der Waals surface area contributed by atoms with Gasteiger partial charge in [0.15, 0.2) is 0 Å². The van der Waals surface area contributed by atoms with Crippen molar-refractivity contribution in [3.63, 3.8) is 0 Å². The topological polar surface area (TPSA) is 43.8 Å². The molecule has 2 rings (SSSR count). The Morgan fingerprint density at radius 1 is 1.26 bits per heavy atom. The first-order chi connectivity index (χ1) is 9.13. The van der Waals surface area contributed by atoms with Gasteiger partial charge in [-0.15, -0.1) is 0 Å². The fourth-order valence-corrected chi connectivity index (χ4v) is 3.07. The number of aromatic nitrogens is 2. The zero-order valence-corrected chi connectivity index (χ0v) is 12.7. The van der Waals surface area contributed by atoms with Crippen LogP contribution in [0.2, 0.25) is 5.02 Å². The SMILES string of the molecule is CCn1c(C(CC)(CC)CN)nc2cccc(Cl)c21. The lowest BCUT2D eigenvalue weighted by Crippen LogP contribution is -2.36. The monoisotopic (exact) mass is 279 g/mol. The number of halogens is 1. The van der Waals surface area contributed by atoms with E-state index in [0.29, 0.717) is 6.54 Å². The summed E-state index contributed by atoms with van der Waals surface area (Å²) in [5, 5.41) is 0.760. The number of nitrogens with two attached hydrogens (primary N) is 1. The molecule has 0 saturated carbocycles. The van der Waals surface area contributed by atoms with E-state index in [9.17, 15) is 0 Å². The van der Waals surface area contributed by atoms with Gasteiger partial charge in [0.25, 0.3) is 0 Å². The van der Waals surface area contributed by atoms with E-state index in [0.717, 1.165) is 41.3 Å². The maximum absolute atomic E-state index is 6.34. The second kappa shape index (κ2) is 5.51. The van der Waals surface area contributed by atoms with Crippen LogP contribution in [0.5, 0.6) is 0 Å². The quantitative estimate of drug-likeness (QED) is 0.906. The largest absolute Gasteiger partial charge is 0.329 e. The summed E-state index contributed by atoms with van der Waals surface area (Å²) in [6, 6.07) is 5.89. The number of hydrogen-bond donors (Lipinski definition) is 1. The van der Waals surface area contributed by atoms with Crippen molar-refractivity contribution in [1.82, 2.24) is 9.55 Å². The van der Waals surface area contributed by atoms with Gasteiger partial charge in [0.2, 0.25) is 0 Å². The highest BCUT2D eigenvalue weighted by Crippen LogP contribution is 2.34. The number of nitrogens with zero attached hydrogens (tertiary/aromatic N) is 2. The smallest absolute Gasteiger partial charge is 0.117 e. The van der Waals surface area contributed by atoms with Crippen LogP contribution in [0.3, 0.4) is 0 Å². The highest BCUT2D eigenvalue weighted by molar-refractivity contribution is 6.35. The summed E-state index contributed by atoms with van der Waals surface area (Å²) in [4.78, 5) is 4.83. The van der Waals surface area contributed by atoms with Gasteiger partial charge in [-0.3, -0.25) is 0 Å². The molecule has 0 unspecified atom stereocenters. The first-order valence-electron chi connectivity index (χ1n) is 6.98. The van der Waals surface area contributed by atoms with Gasteiger partial charge in [-0.05, 0) is 31.9 Å². The number of hydrogen-bond acceptors (Lipinski definition) is 2. The average Bonchev–Trinajstić information content (AvgIpc) is 2.82. The van der Waals surface area contributed by atoms with E-state index in [4.69, 9.17) is 22.3 Å². The maximum Gasteiger partial charge on any atom is 0.117 e. The summed E-state index contributed by atoms with van der Waals surface area (Å²) in [5.74, 6) is 1.07. The Morgan fingerprint density at radius 2 is 1.95 bits per heavy atom. The molecule has 0 saturated heterocycles. The molecule has 2 aromatic rings. The van der Waals surface area contributed by atoms with Crippen molar-refractivity contribution in [3.8, 4) is 0 Å². The van der Waals surface area contributed by atoms with Crippen LogP contribution in [0, 0.1) is 0 Å². The van der Waals surface area contributed by atoms with E-state index in [1.54, 1.807) is 0 Å². The molecule has 19 heavy (non-hydrogen) atoms. The fraction of sp³-hybridized carbons (Fsp3) is 0.533. The van der Waals surface area contributed by atoms with Crippen LogP contribution in [0.15, 0.2) is 18.2 Å². The van der Waals surface area contributed by atoms with Crippen LogP contribution in [0.4, 0.5) is 0 Å². The number of aryl methyl sites for hydroxylation is 1. The summed E-state index contributed by atoms with van der Waals surface area (Å²) in [6.45, 7) is 7.95. The summed E-state index contributed by atoms with van der Waals surface area (Å²) >= 11 is 6.34. The van der Waals surface area contributed by atoms with E-state index in [1.807, 2.05) is 18.2 Å². The van der Waals surface area contributed by atoms with Gasteiger partial charge in [0, 0.05) is 18.5 Å². The molecular formula is C15H22ClN3. The van der Waals surface area contributed by atoms with Crippen LogP contribution in [0.25, 0.3) is 11.0 Å². The average molecular weight is 280 g/mol. The molecule has 3 nitrogen and oxygen atoms in total. The van der Waals surface area contributed by atoms with Crippen LogP contribution >= 0.6 is 11.6 Å². The van der Waals surface area contributed by atoms with Crippen molar-refractivity contribution in [2.24, 2.45) is 5.73 Å². The highest BCUT2D eigenvalue weighted by atomic mass is 35.5. The number of rotatable bonds is 5. The lowest BCUT2D eigenvalue weighted by molar-refractivity contribution is 0.369. The molecule has 0 spiro atoms.